The average molecular weight is 168 g/mol. The molecular weight excluding hydrogens is 156 g/mol. The number of hydrogen-bond acceptors (Lipinski definition) is 3. The van der Waals surface area contributed by atoms with E-state index < -0.39 is 0 Å². The summed E-state index contributed by atoms with van der Waals surface area (Å²) in [7, 11) is 0. The van der Waals surface area contributed by atoms with Crippen LogP contribution in [-0.4, -0.2) is 36.3 Å². The number of amides is 2. The normalized spacial score (nSPS) is 19.0. The number of nitrogens with one attached hydrogen (secondary N) is 1. The fourth-order valence-corrected chi connectivity index (χ4v) is 1.13. The Morgan fingerprint density at radius 3 is 2.50 bits per heavy atom. The zero-order chi connectivity index (χ0) is 8.97. The lowest BCUT2D eigenvalue weighted by Gasteiger charge is -2.24. The van der Waals surface area contributed by atoms with Crippen LogP contribution in [0.25, 0.3) is 0 Å². The first-order chi connectivity index (χ1) is 5.72. The van der Waals surface area contributed by atoms with E-state index in [0.29, 0.717) is 13.1 Å². The van der Waals surface area contributed by atoms with E-state index in [9.17, 15) is 9.59 Å². The molecule has 0 aliphatic carbocycles. The Balaban J connectivity index is 2.38. The highest BCUT2D eigenvalue weighted by atomic mass is 16.2. The molecule has 2 amide bonds. The molecule has 12 heavy (non-hydrogen) atoms. The molecule has 0 atom stereocenters. The highest BCUT2D eigenvalue weighted by Crippen LogP contribution is 1.96. The zero-order valence-electron chi connectivity index (χ0n) is 6.88. The van der Waals surface area contributed by atoms with E-state index >= 15 is 0 Å². The predicted molar refractivity (Wildman–Crippen MR) is 44.4 cm³/mol. The van der Waals surface area contributed by atoms with Crippen molar-refractivity contribution >= 4 is 11.8 Å². The van der Waals surface area contributed by atoms with Crippen LogP contribution in [0.5, 0.6) is 0 Å². The molecule has 1 aliphatic rings. The van der Waals surface area contributed by atoms with E-state index in [2.05, 4.69) is 11.9 Å². The smallest absolute Gasteiger partial charge is 0.240 e. The van der Waals surface area contributed by atoms with E-state index in [0.717, 1.165) is 13.0 Å². The van der Waals surface area contributed by atoms with Crippen LogP contribution in [0.15, 0.2) is 12.7 Å². The van der Waals surface area contributed by atoms with Crippen molar-refractivity contribution in [3.8, 4) is 0 Å². The van der Waals surface area contributed by atoms with Gasteiger partial charge in [-0.2, -0.15) is 0 Å². The Labute approximate surface area is 71.2 Å². The van der Waals surface area contributed by atoms with Crippen LogP contribution in [0.4, 0.5) is 0 Å². The highest BCUT2D eigenvalue weighted by molar-refractivity contribution is 5.99. The fraction of sp³-hybridized carbons (Fsp3) is 0.500. The van der Waals surface area contributed by atoms with Crippen molar-refractivity contribution in [2.75, 3.05) is 19.6 Å². The van der Waals surface area contributed by atoms with Gasteiger partial charge in [0.25, 0.3) is 0 Å². The quantitative estimate of drug-likeness (QED) is 0.457. The molecule has 1 heterocycles. The summed E-state index contributed by atoms with van der Waals surface area (Å²) in [6, 6.07) is 0. The van der Waals surface area contributed by atoms with Crippen molar-refractivity contribution in [3.05, 3.63) is 12.7 Å². The lowest BCUT2D eigenvalue weighted by atomic mass is 10.3. The summed E-state index contributed by atoms with van der Waals surface area (Å²) in [6.45, 7) is 4.93. The number of rotatable bonds is 3. The van der Waals surface area contributed by atoms with Crippen molar-refractivity contribution in [1.82, 2.24) is 10.2 Å². The minimum Gasteiger partial charge on any atom is -0.294 e. The molecular formula is C8H12N2O2. The third kappa shape index (κ3) is 2.47. The largest absolute Gasteiger partial charge is 0.294 e. The molecule has 0 aromatic heterocycles. The number of carbonyl (C=O) groups excluding carboxylic acids is 2. The third-order valence-electron chi connectivity index (χ3n) is 1.66. The Morgan fingerprint density at radius 2 is 2.00 bits per heavy atom. The topological polar surface area (TPSA) is 49.4 Å². The van der Waals surface area contributed by atoms with E-state index in [4.69, 9.17) is 0 Å². The number of nitrogens with zero attached hydrogens (tertiary/aromatic N) is 1. The molecule has 1 N–H and O–H groups in total. The SMILES string of the molecule is C=CCCN1CC(=O)NC(=O)C1. The monoisotopic (exact) mass is 168 g/mol. The highest BCUT2D eigenvalue weighted by Gasteiger charge is 2.20. The van der Waals surface area contributed by atoms with Crippen LogP contribution in [-0.2, 0) is 9.59 Å². The molecule has 0 radical (unpaired) electrons. The molecule has 0 spiro atoms. The summed E-state index contributed by atoms with van der Waals surface area (Å²) >= 11 is 0. The standard InChI is InChI=1S/C8H12N2O2/c1-2-3-4-10-5-7(11)9-8(12)6-10/h2H,1,3-6H2,(H,9,11,12). The van der Waals surface area contributed by atoms with Crippen molar-refractivity contribution in [3.63, 3.8) is 0 Å². The van der Waals surface area contributed by atoms with E-state index in [-0.39, 0.29) is 11.8 Å². The van der Waals surface area contributed by atoms with Crippen LogP contribution in [0.2, 0.25) is 0 Å². The second kappa shape index (κ2) is 4.01. The van der Waals surface area contributed by atoms with Crippen molar-refractivity contribution < 1.29 is 9.59 Å². The second-order valence-corrected chi connectivity index (χ2v) is 2.76. The minimum absolute atomic E-state index is 0.213. The molecule has 4 nitrogen and oxygen atoms in total. The average Bonchev–Trinajstić information content (AvgIpc) is 1.99. The molecule has 1 fully saturated rings. The lowest BCUT2D eigenvalue weighted by Crippen LogP contribution is -2.51. The Kier molecular flexibility index (Phi) is 2.99. The predicted octanol–water partition coefficient (Wildman–Crippen LogP) is -0.479. The first kappa shape index (κ1) is 8.93. The Morgan fingerprint density at radius 1 is 1.42 bits per heavy atom. The molecule has 0 bridgehead atoms. The molecule has 1 aliphatic heterocycles. The lowest BCUT2D eigenvalue weighted by molar-refractivity contribution is -0.135. The molecule has 4 heteroatoms. The van der Waals surface area contributed by atoms with Crippen LogP contribution in [0, 0.1) is 0 Å². The molecule has 0 aromatic carbocycles. The first-order valence-corrected chi connectivity index (χ1v) is 3.88. The maximum atomic E-state index is 10.8. The van der Waals surface area contributed by atoms with Crippen LogP contribution in [0.1, 0.15) is 6.42 Å². The molecule has 0 aromatic rings. The molecule has 1 rings (SSSR count). The second-order valence-electron chi connectivity index (χ2n) is 2.76. The molecule has 66 valence electrons. The van der Waals surface area contributed by atoms with Gasteiger partial charge in [-0.05, 0) is 6.42 Å². The Hall–Kier alpha value is -1.16. The maximum absolute atomic E-state index is 10.8. The summed E-state index contributed by atoms with van der Waals surface area (Å²) in [6.07, 6.45) is 2.58. The molecule has 0 unspecified atom stereocenters. The van der Waals surface area contributed by atoms with Crippen molar-refractivity contribution in [2.45, 2.75) is 6.42 Å². The van der Waals surface area contributed by atoms with Gasteiger partial charge in [0.1, 0.15) is 0 Å². The summed E-state index contributed by atoms with van der Waals surface area (Å²) in [5.41, 5.74) is 0. The maximum Gasteiger partial charge on any atom is 0.240 e. The van der Waals surface area contributed by atoms with E-state index in [1.54, 1.807) is 6.08 Å². The van der Waals surface area contributed by atoms with Gasteiger partial charge in [0, 0.05) is 6.54 Å². The van der Waals surface area contributed by atoms with Gasteiger partial charge >= 0.3 is 0 Å². The molecule has 0 saturated carbocycles. The van der Waals surface area contributed by atoms with Gasteiger partial charge in [-0.15, -0.1) is 6.58 Å². The molecule has 1 saturated heterocycles. The number of imide groups is 1. The van der Waals surface area contributed by atoms with Gasteiger partial charge in [-0.3, -0.25) is 19.8 Å². The van der Waals surface area contributed by atoms with E-state index in [1.165, 1.54) is 0 Å². The van der Waals surface area contributed by atoms with Crippen molar-refractivity contribution in [2.24, 2.45) is 0 Å². The minimum atomic E-state index is -0.213. The van der Waals surface area contributed by atoms with Gasteiger partial charge in [0.05, 0.1) is 13.1 Å². The number of carbonyl (C=O) groups is 2. The van der Waals surface area contributed by atoms with Crippen LogP contribution in [0.3, 0.4) is 0 Å². The first-order valence-electron chi connectivity index (χ1n) is 3.88. The van der Waals surface area contributed by atoms with Crippen LogP contribution >= 0.6 is 0 Å². The van der Waals surface area contributed by atoms with Gasteiger partial charge in [-0.1, -0.05) is 6.08 Å². The van der Waals surface area contributed by atoms with Gasteiger partial charge in [-0.25, -0.2) is 0 Å². The van der Waals surface area contributed by atoms with Crippen LogP contribution < -0.4 is 5.32 Å². The fourth-order valence-electron chi connectivity index (χ4n) is 1.13. The zero-order valence-corrected chi connectivity index (χ0v) is 6.88. The van der Waals surface area contributed by atoms with E-state index in [1.807, 2.05) is 4.90 Å². The summed E-state index contributed by atoms with van der Waals surface area (Å²) < 4.78 is 0. The summed E-state index contributed by atoms with van der Waals surface area (Å²) in [5, 5.41) is 2.24. The van der Waals surface area contributed by atoms with Gasteiger partial charge < -0.3 is 0 Å². The summed E-state index contributed by atoms with van der Waals surface area (Å²) in [5.74, 6) is -0.425. The van der Waals surface area contributed by atoms with Gasteiger partial charge in [0.15, 0.2) is 0 Å². The number of hydrogen-bond donors (Lipinski definition) is 1. The Bertz CT molecular complexity index is 197. The number of piperazine rings is 1. The third-order valence-corrected chi connectivity index (χ3v) is 1.66. The van der Waals surface area contributed by atoms with Crippen molar-refractivity contribution in [1.29, 1.82) is 0 Å². The van der Waals surface area contributed by atoms with Gasteiger partial charge in [0.2, 0.25) is 11.8 Å². The summed E-state index contributed by atoms with van der Waals surface area (Å²) in [4.78, 5) is 23.5.